The third kappa shape index (κ3) is 3.04. The fourth-order valence-corrected chi connectivity index (χ4v) is 2.91. The summed E-state index contributed by atoms with van der Waals surface area (Å²) in [6.45, 7) is 6.65. The van der Waals surface area contributed by atoms with E-state index in [0.717, 1.165) is 34.6 Å². The van der Waals surface area contributed by atoms with E-state index in [0.29, 0.717) is 13.2 Å². The van der Waals surface area contributed by atoms with Gasteiger partial charge in [0, 0.05) is 28.7 Å². The van der Waals surface area contributed by atoms with Crippen LogP contribution in [0.1, 0.15) is 36.3 Å². The number of carbonyl (C=O) groups is 1. The molecule has 0 spiro atoms. The minimum atomic E-state index is -0.432. The lowest BCUT2D eigenvalue weighted by Crippen LogP contribution is -2.24. The highest BCUT2D eigenvalue weighted by atomic mass is 16.6. The first-order valence-corrected chi connectivity index (χ1v) is 8.10. The van der Waals surface area contributed by atoms with Gasteiger partial charge < -0.3 is 14.6 Å². The Morgan fingerprint density at radius 1 is 1.42 bits per heavy atom. The van der Waals surface area contributed by atoms with Crippen LogP contribution in [0, 0.1) is 13.8 Å². The van der Waals surface area contributed by atoms with E-state index < -0.39 is 5.97 Å². The van der Waals surface area contributed by atoms with E-state index in [-0.39, 0.29) is 11.6 Å². The number of nitrogens with one attached hydrogen (secondary N) is 1. The van der Waals surface area contributed by atoms with Gasteiger partial charge in [0.15, 0.2) is 5.71 Å². The molecule has 0 saturated carbocycles. The average Bonchev–Trinajstić information content (AvgIpc) is 3.19. The zero-order valence-electron chi connectivity index (χ0n) is 14.1. The molecule has 6 nitrogen and oxygen atoms in total. The highest BCUT2D eigenvalue weighted by Crippen LogP contribution is 2.33. The van der Waals surface area contributed by atoms with Gasteiger partial charge in [-0.25, -0.2) is 4.79 Å². The number of carbonyl (C=O) groups excluding carboxylic acids is 1. The summed E-state index contributed by atoms with van der Waals surface area (Å²) < 4.78 is 5.22. The Morgan fingerprint density at radius 2 is 2.25 bits per heavy atom. The second-order valence-corrected chi connectivity index (χ2v) is 5.89. The van der Waals surface area contributed by atoms with Gasteiger partial charge in [-0.15, -0.1) is 0 Å². The van der Waals surface area contributed by atoms with Gasteiger partial charge in [-0.1, -0.05) is 18.1 Å². The van der Waals surface area contributed by atoms with Gasteiger partial charge in [-0.3, -0.25) is 4.98 Å². The number of rotatable bonds is 5. The Labute approximate surface area is 140 Å². The molecule has 1 aliphatic rings. The van der Waals surface area contributed by atoms with E-state index in [1.165, 1.54) is 0 Å². The number of oxime groups is 1. The topological polar surface area (TPSA) is 76.6 Å². The summed E-state index contributed by atoms with van der Waals surface area (Å²) in [5.41, 5.74) is 5.26. The van der Waals surface area contributed by atoms with Crippen LogP contribution < -0.4 is 0 Å². The third-order valence-electron chi connectivity index (χ3n) is 3.99. The molecule has 2 aromatic heterocycles. The maximum Gasteiger partial charge on any atom is 0.356 e. The molecule has 1 N–H and O–H groups in total. The molecule has 0 bridgehead atoms. The van der Waals surface area contributed by atoms with Gasteiger partial charge in [0.25, 0.3) is 0 Å². The normalized spacial score (nSPS) is 16.6. The van der Waals surface area contributed by atoms with Crippen molar-refractivity contribution in [2.24, 2.45) is 5.16 Å². The van der Waals surface area contributed by atoms with Crippen molar-refractivity contribution in [2.75, 3.05) is 13.2 Å². The van der Waals surface area contributed by atoms with Crippen LogP contribution in [0.5, 0.6) is 0 Å². The smallest absolute Gasteiger partial charge is 0.356 e. The van der Waals surface area contributed by atoms with Gasteiger partial charge in [-0.05, 0) is 32.4 Å². The van der Waals surface area contributed by atoms with Crippen LogP contribution in [0.3, 0.4) is 0 Å². The molecule has 126 valence electrons. The van der Waals surface area contributed by atoms with Gasteiger partial charge in [0.05, 0.1) is 18.2 Å². The molecule has 24 heavy (non-hydrogen) atoms. The van der Waals surface area contributed by atoms with E-state index in [9.17, 15) is 4.79 Å². The summed E-state index contributed by atoms with van der Waals surface area (Å²) in [5, 5.41) is 3.90. The number of nitrogens with zero attached hydrogens (tertiary/aromatic N) is 2. The fraction of sp³-hybridized carbons (Fsp3) is 0.389. The number of pyridine rings is 1. The zero-order valence-corrected chi connectivity index (χ0v) is 14.1. The lowest BCUT2D eigenvalue weighted by atomic mass is 9.93. The van der Waals surface area contributed by atoms with Crippen LogP contribution in [-0.2, 0) is 14.4 Å². The van der Waals surface area contributed by atoms with Crippen LogP contribution in [0.25, 0.3) is 11.1 Å². The molecule has 3 rings (SSSR count). The average molecular weight is 327 g/mol. The maximum absolute atomic E-state index is 12.2. The lowest BCUT2D eigenvalue weighted by molar-refractivity contribution is -0.135. The molecule has 0 fully saturated rings. The first-order valence-electron chi connectivity index (χ1n) is 8.10. The van der Waals surface area contributed by atoms with Crippen LogP contribution in [0.15, 0.2) is 29.6 Å². The van der Waals surface area contributed by atoms with Crippen molar-refractivity contribution < 1.29 is 14.4 Å². The van der Waals surface area contributed by atoms with Gasteiger partial charge in [-0.2, -0.15) is 0 Å². The lowest BCUT2D eigenvalue weighted by Gasteiger charge is -2.14. The van der Waals surface area contributed by atoms with Crippen molar-refractivity contribution in [3.8, 4) is 11.1 Å². The predicted octanol–water partition coefficient (Wildman–Crippen LogP) is 3.12. The predicted molar refractivity (Wildman–Crippen MR) is 90.9 cm³/mol. The summed E-state index contributed by atoms with van der Waals surface area (Å²) in [5.74, 6) is -0.752. The van der Waals surface area contributed by atoms with Crippen molar-refractivity contribution in [3.63, 3.8) is 0 Å². The summed E-state index contributed by atoms with van der Waals surface area (Å²) in [7, 11) is 0. The van der Waals surface area contributed by atoms with Gasteiger partial charge in [0.2, 0.25) is 0 Å². The third-order valence-corrected chi connectivity index (χ3v) is 3.99. The van der Waals surface area contributed by atoms with Crippen molar-refractivity contribution >= 4 is 11.7 Å². The molecule has 0 aliphatic carbocycles. The van der Waals surface area contributed by atoms with Crippen molar-refractivity contribution in [2.45, 2.75) is 33.1 Å². The number of esters is 1. The molecule has 1 unspecified atom stereocenters. The van der Waals surface area contributed by atoms with Gasteiger partial charge in [0.1, 0.15) is 6.61 Å². The Morgan fingerprint density at radius 3 is 2.96 bits per heavy atom. The maximum atomic E-state index is 12.2. The van der Waals surface area contributed by atoms with E-state index >= 15 is 0 Å². The highest BCUT2D eigenvalue weighted by Gasteiger charge is 2.34. The van der Waals surface area contributed by atoms with Crippen molar-refractivity contribution in [1.29, 1.82) is 0 Å². The minimum absolute atomic E-state index is 0.285. The van der Waals surface area contributed by atoms with Crippen LogP contribution in [0.2, 0.25) is 0 Å². The number of ether oxygens (including phenoxy) is 1. The molecule has 1 aliphatic heterocycles. The van der Waals surface area contributed by atoms with Crippen molar-refractivity contribution in [1.82, 2.24) is 9.97 Å². The molecule has 6 heteroatoms. The van der Waals surface area contributed by atoms with Crippen molar-refractivity contribution in [3.05, 3.63) is 41.5 Å². The second kappa shape index (κ2) is 6.86. The number of H-pyrrole nitrogens is 1. The van der Waals surface area contributed by atoms with Gasteiger partial charge >= 0.3 is 5.97 Å². The molecule has 1 atom stereocenters. The van der Waals surface area contributed by atoms with Crippen LogP contribution in [0.4, 0.5) is 0 Å². The van der Waals surface area contributed by atoms with Crippen LogP contribution in [-0.4, -0.2) is 34.9 Å². The summed E-state index contributed by atoms with van der Waals surface area (Å²) in [6, 6.07) is 5.98. The molecular formula is C18H21N3O3. The molecule has 0 saturated heterocycles. The molecular weight excluding hydrogens is 306 g/mol. The Balaban J connectivity index is 1.97. The summed E-state index contributed by atoms with van der Waals surface area (Å²) in [4.78, 5) is 25.3. The SMILES string of the molecule is CCCOC(=O)C1=NOCC1c1ncccc1-c1cc(C)[nH]c1C. The first kappa shape index (κ1) is 16.2. The summed E-state index contributed by atoms with van der Waals surface area (Å²) in [6.07, 6.45) is 2.49. The van der Waals surface area contributed by atoms with E-state index in [4.69, 9.17) is 9.57 Å². The number of hydrogen-bond donors (Lipinski definition) is 1. The summed E-state index contributed by atoms with van der Waals surface area (Å²) >= 11 is 0. The fourth-order valence-electron chi connectivity index (χ4n) is 2.91. The Hall–Kier alpha value is -2.63. The van der Waals surface area contributed by atoms with Crippen LogP contribution >= 0.6 is 0 Å². The molecule has 3 heterocycles. The largest absolute Gasteiger partial charge is 0.461 e. The Kier molecular flexibility index (Phi) is 4.64. The standard InChI is InChI=1S/C18H21N3O3/c1-4-8-23-18(22)17-15(10-24-21-17)16-13(6-5-7-19-16)14-9-11(2)20-12(14)3/h5-7,9,15,20H,4,8,10H2,1-3H3. The number of aromatic amines is 1. The quantitative estimate of drug-likeness (QED) is 0.856. The second-order valence-electron chi connectivity index (χ2n) is 5.89. The number of aromatic nitrogens is 2. The monoisotopic (exact) mass is 327 g/mol. The Bertz CT molecular complexity index is 780. The number of hydrogen-bond acceptors (Lipinski definition) is 5. The molecule has 2 aromatic rings. The first-order chi connectivity index (χ1) is 11.6. The molecule has 0 aromatic carbocycles. The van der Waals surface area contributed by atoms with E-state index in [1.807, 2.05) is 32.9 Å². The zero-order chi connectivity index (χ0) is 17.1. The van der Waals surface area contributed by atoms with E-state index in [1.54, 1.807) is 6.20 Å². The van der Waals surface area contributed by atoms with E-state index in [2.05, 4.69) is 21.2 Å². The highest BCUT2D eigenvalue weighted by molar-refractivity contribution is 6.39. The molecule has 0 amide bonds. The number of aryl methyl sites for hydroxylation is 2. The molecule has 0 radical (unpaired) electrons. The minimum Gasteiger partial charge on any atom is -0.461 e.